The summed E-state index contributed by atoms with van der Waals surface area (Å²) in [4.78, 5) is 16.8. The minimum Gasteiger partial charge on any atom is -0.491 e. The minimum atomic E-state index is -4.49. The molecule has 0 amide bonds. The highest BCUT2D eigenvalue weighted by Gasteiger charge is 2.34. The summed E-state index contributed by atoms with van der Waals surface area (Å²) in [5, 5.41) is 31.5. The number of aliphatic hydroxyl groups excluding tert-OH is 3. The zero-order chi connectivity index (χ0) is 64.5. The maximum Gasteiger partial charge on any atom is 0.433 e. The predicted molar refractivity (Wildman–Crippen MR) is 329 cm³/mol. The largest absolute Gasteiger partial charge is 0.491 e. The van der Waals surface area contributed by atoms with Crippen LogP contribution in [0.25, 0.3) is 0 Å². The molecular weight excluding hydrogens is 1170 g/mol. The molecule has 0 saturated heterocycles. The number of aliphatic hydroxyl groups is 3. The van der Waals surface area contributed by atoms with Gasteiger partial charge in [0.1, 0.15) is 78.5 Å². The van der Waals surface area contributed by atoms with Crippen LogP contribution in [0.3, 0.4) is 0 Å². The molecule has 0 bridgehead atoms. The Morgan fingerprint density at radius 1 is 0.422 bits per heavy atom. The maximum atomic E-state index is 13.5. The number of para-hydroxylation sites is 1. The molecule has 7 aromatic carbocycles. The van der Waals surface area contributed by atoms with Crippen molar-refractivity contribution in [1.29, 1.82) is 0 Å². The molecule has 0 radical (unpaired) electrons. The molecule has 0 aliphatic heterocycles. The normalized spacial score (nSPS) is 12.6. The number of rotatable bonds is 27. The van der Waals surface area contributed by atoms with Gasteiger partial charge in [-0.3, -0.25) is 19.7 Å². The highest BCUT2D eigenvalue weighted by molar-refractivity contribution is 5.32. The van der Waals surface area contributed by atoms with E-state index in [0.29, 0.717) is 62.1 Å². The number of pyridine rings is 1. The van der Waals surface area contributed by atoms with Gasteiger partial charge in [0.25, 0.3) is 0 Å². The molecule has 0 aliphatic rings. The first-order valence-electron chi connectivity index (χ1n) is 29.1. The van der Waals surface area contributed by atoms with Crippen molar-refractivity contribution < 1.29 is 64.7 Å². The third-order valence-corrected chi connectivity index (χ3v) is 14.2. The quantitative estimate of drug-likeness (QED) is 0.0366. The summed E-state index contributed by atoms with van der Waals surface area (Å²) in [6.07, 6.45) is -6.63. The van der Waals surface area contributed by atoms with E-state index in [9.17, 15) is 50.4 Å². The molecule has 2 heterocycles. The number of H-pyrrole nitrogens is 1. The molecule has 0 saturated carbocycles. The first-order chi connectivity index (χ1) is 43.1. The lowest BCUT2D eigenvalue weighted by Gasteiger charge is -2.27. The average Bonchev–Trinajstić information content (AvgIpc) is 2.42. The van der Waals surface area contributed by atoms with Gasteiger partial charge in [-0.25, -0.2) is 13.8 Å². The summed E-state index contributed by atoms with van der Waals surface area (Å²) < 4.78 is 121. The molecular formula is C70H74F8N6O6. The smallest absolute Gasteiger partial charge is 0.433 e. The Balaban J connectivity index is 0.000000193. The van der Waals surface area contributed by atoms with E-state index in [0.717, 1.165) is 40.2 Å². The molecule has 0 aliphatic carbocycles. The van der Waals surface area contributed by atoms with Gasteiger partial charge in [0, 0.05) is 70.9 Å². The summed E-state index contributed by atoms with van der Waals surface area (Å²) in [6.45, 7) is 9.56. The SMILES string of the molecule is Cc1ccccc1CN(Cc1ccc(C(F)(F)F)nc1)CC(O)COc1ccc(F)cc1.Cc1ccccc1CN(Cc1ccccc1C(F)(F)F)CC(O)COc1ccccc1.Cc1ccccc1CN(Cc1ncc[nH]1)CC(O)COc1ccc(F)cc1. The van der Waals surface area contributed by atoms with Gasteiger partial charge >= 0.3 is 12.4 Å². The Labute approximate surface area is 519 Å². The Morgan fingerprint density at radius 2 is 0.811 bits per heavy atom. The molecule has 0 spiro atoms. The van der Waals surface area contributed by atoms with E-state index in [1.54, 1.807) is 42.7 Å². The Hall–Kier alpha value is -8.50. The summed E-state index contributed by atoms with van der Waals surface area (Å²) >= 11 is 0. The molecule has 3 unspecified atom stereocenters. The number of alkyl halides is 6. The van der Waals surface area contributed by atoms with Gasteiger partial charge in [-0.05, 0) is 138 Å². The summed E-state index contributed by atoms with van der Waals surface area (Å²) in [5.74, 6) is 1.75. The van der Waals surface area contributed by atoms with Gasteiger partial charge in [0.2, 0.25) is 0 Å². The van der Waals surface area contributed by atoms with Crippen LogP contribution >= 0.6 is 0 Å². The standard InChI is InChI=1S/C25H26F3NO2.C24H24F4N2O2.C21H24FN3O2/c1-19-9-5-6-10-20(19)15-29(16-21-11-7-8-14-24(21)25(26,27)28)17-22(30)18-31-23-12-3-2-4-13-23;1-17-4-2-3-5-19(17)14-30(13-18-6-11-23(29-12-18)24(26,27)28)15-21(31)16-32-22-9-7-20(25)8-10-22;1-16-4-2-3-5-17(16)12-25(14-21-23-10-11-24-21)13-19(26)15-27-20-8-6-18(22)7-9-20/h2-14,22,30H,15-18H2,1H3;2-12,21,31H,13-16H2,1H3;2-11,19,26H,12-15H2,1H3,(H,23,24). The minimum absolute atomic E-state index is 0.0127. The maximum absolute atomic E-state index is 13.5. The lowest BCUT2D eigenvalue weighted by molar-refractivity contribution is -0.141. The van der Waals surface area contributed by atoms with Crippen LogP contribution in [0, 0.1) is 32.4 Å². The topological polar surface area (TPSA) is 140 Å². The van der Waals surface area contributed by atoms with E-state index < -0.39 is 41.9 Å². The average molecular weight is 1250 g/mol. The van der Waals surface area contributed by atoms with Gasteiger partial charge in [0.05, 0.1) is 12.1 Å². The highest BCUT2D eigenvalue weighted by atomic mass is 19.4. The van der Waals surface area contributed by atoms with E-state index in [4.69, 9.17) is 14.2 Å². The van der Waals surface area contributed by atoms with E-state index in [1.807, 2.05) is 103 Å². The number of ether oxygens (including phenoxy) is 3. The van der Waals surface area contributed by atoms with Crippen molar-refractivity contribution in [3.8, 4) is 17.2 Å². The summed E-state index contributed by atoms with van der Waals surface area (Å²) in [5.41, 5.74) is 5.75. The summed E-state index contributed by atoms with van der Waals surface area (Å²) in [6, 6.07) is 52.0. The van der Waals surface area contributed by atoms with Crippen molar-refractivity contribution in [2.75, 3.05) is 39.5 Å². The van der Waals surface area contributed by atoms with Crippen molar-refractivity contribution >= 4 is 0 Å². The fourth-order valence-corrected chi connectivity index (χ4v) is 9.56. The first kappa shape index (κ1) is 69.0. The van der Waals surface area contributed by atoms with E-state index in [1.165, 1.54) is 71.9 Å². The molecule has 90 heavy (non-hydrogen) atoms. The number of nitrogens with one attached hydrogen (secondary N) is 1. The number of halogens is 8. The van der Waals surface area contributed by atoms with Crippen LogP contribution < -0.4 is 14.2 Å². The molecule has 4 N–H and O–H groups in total. The van der Waals surface area contributed by atoms with Gasteiger partial charge in [-0.2, -0.15) is 26.3 Å². The Bertz CT molecular complexity index is 3510. The predicted octanol–water partition coefficient (Wildman–Crippen LogP) is 13.7. The van der Waals surface area contributed by atoms with Crippen molar-refractivity contribution in [1.82, 2.24) is 29.7 Å². The highest BCUT2D eigenvalue weighted by Crippen LogP contribution is 2.33. The Morgan fingerprint density at radius 3 is 1.21 bits per heavy atom. The summed E-state index contributed by atoms with van der Waals surface area (Å²) in [7, 11) is 0. The molecule has 9 rings (SSSR count). The van der Waals surface area contributed by atoms with Crippen molar-refractivity contribution in [2.24, 2.45) is 0 Å². The monoisotopic (exact) mass is 1250 g/mol. The van der Waals surface area contributed by atoms with Gasteiger partial charge in [-0.1, -0.05) is 115 Å². The fourth-order valence-electron chi connectivity index (χ4n) is 9.56. The van der Waals surface area contributed by atoms with Crippen LogP contribution in [0.2, 0.25) is 0 Å². The molecule has 20 heteroatoms. The number of aromatic nitrogens is 3. The zero-order valence-corrected chi connectivity index (χ0v) is 50.2. The first-order valence-corrected chi connectivity index (χ1v) is 29.1. The lowest BCUT2D eigenvalue weighted by Crippen LogP contribution is -2.35. The Kier molecular flexibility index (Phi) is 26.4. The molecule has 9 aromatic rings. The van der Waals surface area contributed by atoms with Crippen molar-refractivity contribution in [3.05, 3.63) is 280 Å². The second-order valence-corrected chi connectivity index (χ2v) is 21.6. The number of nitrogens with zero attached hydrogens (tertiary/aromatic N) is 5. The van der Waals surface area contributed by atoms with Crippen LogP contribution in [0.1, 0.15) is 61.6 Å². The van der Waals surface area contributed by atoms with E-state index in [-0.39, 0.29) is 56.7 Å². The molecule has 3 atom stereocenters. The molecule has 0 fully saturated rings. The van der Waals surface area contributed by atoms with Gasteiger partial charge in [0.15, 0.2) is 0 Å². The van der Waals surface area contributed by atoms with Gasteiger partial charge in [-0.15, -0.1) is 0 Å². The number of hydrogen-bond donors (Lipinski definition) is 4. The second-order valence-electron chi connectivity index (χ2n) is 21.6. The van der Waals surface area contributed by atoms with E-state index >= 15 is 0 Å². The van der Waals surface area contributed by atoms with E-state index in [2.05, 4.69) is 38.9 Å². The lowest BCUT2D eigenvalue weighted by atomic mass is 10.0. The second kappa shape index (κ2) is 34.5. The van der Waals surface area contributed by atoms with Crippen molar-refractivity contribution in [3.63, 3.8) is 0 Å². The fraction of sp³-hybridized carbons (Fsp3) is 0.286. The van der Waals surface area contributed by atoms with Crippen LogP contribution in [-0.2, 0) is 51.6 Å². The number of benzene rings is 7. The third kappa shape index (κ3) is 23.8. The molecule has 2 aromatic heterocycles. The number of imidazole rings is 1. The number of aryl methyl sites for hydroxylation is 3. The number of aromatic amines is 1. The molecule has 476 valence electrons. The van der Waals surface area contributed by atoms with Crippen LogP contribution in [-0.4, -0.2) is 103 Å². The van der Waals surface area contributed by atoms with Crippen LogP contribution in [0.4, 0.5) is 35.1 Å². The van der Waals surface area contributed by atoms with Crippen LogP contribution in [0.15, 0.2) is 207 Å². The van der Waals surface area contributed by atoms with Gasteiger partial charge < -0.3 is 34.5 Å². The third-order valence-electron chi connectivity index (χ3n) is 14.2. The number of hydrogen-bond acceptors (Lipinski definition) is 11. The molecule has 12 nitrogen and oxygen atoms in total. The van der Waals surface area contributed by atoms with Crippen molar-refractivity contribution in [2.45, 2.75) is 90.7 Å². The zero-order valence-electron chi connectivity index (χ0n) is 50.2. The van der Waals surface area contributed by atoms with Crippen LogP contribution in [0.5, 0.6) is 17.2 Å².